The van der Waals surface area contributed by atoms with Crippen molar-refractivity contribution in [2.24, 2.45) is 0 Å². The second-order valence-corrected chi connectivity index (χ2v) is 6.84. The van der Waals surface area contributed by atoms with Crippen LogP contribution < -0.4 is 0 Å². The molecule has 0 bridgehead atoms. The fourth-order valence-corrected chi connectivity index (χ4v) is 3.59. The molecule has 27 heavy (non-hydrogen) atoms. The fraction of sp³-hybridized carbons (Fsp3) is 0.143. The lowest BCUT2D eigenvalue weighted by molar-refractivity contribution is 0.208. The van der Waals surface area contributed by atoms with Crippen molar-refractivity contribution in [2.45, 2.75) is 12.7 Å². The maximum atomic E-state index is 13.4. The van der Waals surface area contributed by atoms with E-state index in [4.69, 9.17) is 12.2 Å². The molecule has 0 saturated heterocycles. The van der Waals surface area contributed by atoms with Gasteiger partial charge in [0.05, 0.1) is 12.7 Å². The maximum Gasteiger partial charge on any atom is 0.203 e. The average Bonchev–Trinajstić information content (AvgIpc) is 3.00. The third-order valence-corrected chi connectivity index (χ3v) is 4.99. The van der Waals surface area contributed by atoms with Gasteiger partial charge in [-0.15, -0.1) is 0 Å². The summed E-state index contributed by atoms with van der Waals surface area (Å²) in [5.41, 5.74) is 2.95. The molecule has 0 fully saturated rings. The van der Waals surface area contributed by atoms with Gasteiger partial charge in [0.2, 0.25) is 4.77 Å². The molecule has 4 nitrogen and oxygen atoms in total. The van der Waals surface area contributed by atoms with Crippen LogP contribution in [0.25, 0.3) is 5.65 Å². The second-order valence-electron chi connectivity index (χ2n) is 6.47. The first-order valence-electron chi connectivity index (χ1n) is 8.68. The van der Waals surface area contributed by atoms with E-state index in [0.717, 1.165) is 16.8 Å². The van der Waals surface area contributed by atoms with Crippen molar-refractivity contribution in [3.8, 4) is 0 Å². The topological polar surface area (TPSA) is 25.5 Å². The highest BCUT2D eigenvalue weighted by atomic mass is 32.1. The Bertz CT molecular complexity index is 1100. The third-order valence-electron chi connectivity index (χ3n) is 4.59. The van der Waals surface area contributed by atoms with Gasteiger partial charge in [-0.1, -0.05) is 48.5 Å². The molecule has 0 aliphatic heterocycles. The molecule has 0 aliphatic rings. The standard InChI is InChI=1S/C21H19FN4S/c1-24(15-26-21(27)25-14-6-5-9-19(25)23-26)20(16-7-3-2-4-8-16)17-10-12-18(22)13-11-17/h2-14,20H,15H2,1H3. The number of hydrogen-bond acceptors (Lipinski definition) is 3. The van der Waals surface area contributed by atoms with Gasteiger partial charge in [0.1, 0.15) is 5.82 Å². The van der Waals surface area contributed by atoms with Crippen molar-refractivity contribution in [3.05, 3.63) is 101 Å². The van der Waals surface area contributed by atoms with Gasteiger partial charge in [-0.25, -0.2) is 9.07 Å². The summed E-state index contributed by atoms with van der Waals surface area (Å²) in [7, 11) is 2.02. The molecule has 0 radical (unpaired) electrons. The summed E-state index contributed by atoms with van der Waals surface area (Å²) >= 11 is 5.57. The molecule has 0 N–H and O–H groups in total. The van der Waals surface area contributed by atoms with Gasteiger partial charge < -0.3 is 0 Å². The normalized spacial score (nSPS) is 12.6. The first-order chi connectivity index (χ1) is 13.1. The van der Waals surface area contributed by atoms with E-state index in [1.807, 2.05) is 70.9 Å². The number of pyridine rings is 1. The summed E-state index contributed by atoms with van der Waals surface area (Å²) in [6.45, 7) is 0.511. The van der Waals surface area contributed by atoms with Crippen LogP contribution in [0.5, 0.6) is 0 Å². The van der Waals surface area contributed by atoms with E-state index in [0.29, 0.717) is 11.4 Å². The molecule has 2 aromatic heterocycles. The van der Waals surface area contributed by atoms with Gasteiger partial charge in [0, 0.05) is 6.20 Å². The van der Waals surface area contributed by atoms with E-state index >= 15 is 0 Å². The molecule has 0 saturated carbocycles. The number of halogens is 1. The number of fused-ring (bicyclic) bond motifs is 1. The van der Waals surface area contributed by atoms with Crippen molar-refractivity contribution in [3.63, 3.8) is 0 Å². The predicted octanol–water partition coefficient (Wildman–Crippen LogP) is 4.68. The zero-order chi connectivity index (χ0) is 18.8. The van der Waals surface area contributed by atoms with Crippen molar-refractivity contribution >= 4 is 17.9 Å². The minimum atomic E-state index is -0.240. The van der Waals surface area contributed by atoms with Crippen LogP contribution in [0.1, 0.15) is 17.2 Å². The molecule has 6 heteroatoms. The zero-order valence-electron chi connectivity index (χ0n) is 14.9. The lowest BCUT2D eigenvalue weighted by atomic mass is 9.98. The zero-order valence-corrected chi connectivity index (χ0v) is 15.7. The highest BCUT2D eigenvalue weighted by Gasteiger charge is 2.20. The minimum Gasteiger partial charge on any atom is -0.276 e. The van der Waals surface area contributed by atoms with Crippen molar-refractivity contribution in [1.82, 2.24) is 19.1 Å². The molecule has 4 rings (SSSR count). The van der Waals surface area contributed by atoms with Crippen LogP contribution in [0, 0.1) is 10.6 Å². The molecule has 4 aromatic rings. The Morgan fingerprint density at radius 1 is 0.963 bits per heavy atom. The van der Waals surface area contributed by atoms with Gasteiger partial charge in [-0.3, -0.25) is 9.30 Å². The molecular weight excluding hydrogens is 359 g/mol. The van der Waals surface area contributed by atoms with Crippen LogP contribution >= 0.6 is 12.2 Å². The molecule has 2 heterocycles. The van der Waals surface area contributed by atoms with Gasteiger partial charge in [0.15, 0.2) is 5.65 Å². The number of nitrogens with zero attached hydrogens (tertiary/aromatic N) is 4. The Morgan fingerprint density at radius 3 is 2.33 bits per heavy atom. The molecule has 0 aliphatic carbocycles. The van der Waals surface area contributed by atoms with Crippen LogP contribution in [0.3, 0.4) is 0 Å². The monoisotopic (exact) mass is 378 g/mol. The SMILES string of the molecule is CN(Cn1nc2ccccn2c1=S)C(c1ccccc1)c1ccc(F)cc1. The summed E-state index contributed by atoms with van der Waals surface area (Å²) in [4.78, 5) is 2.16. The Kier molecular flexibility index (Phi) is 4.83. The molecular formula is C21H19FN4S. The summed E-state index contributed by atoms with van der Waals surface area (Å²) in [5, 5.41) is 4.61. The van der Waals surface area contributed by atoms with E-state index in [1.54, 1.807) is 0 Å². The average molecular weight is 378 g/mol. The molecule has 1 unspecified atom stereocenters. The summed E-state index contributed by atoms with van der Waals surface area (Å²) < 4.78 is 17.8. The molecule has 0 amide bonds. The Labute approximate surface area is 162 Å². The number of rotatable bonds is 5. The van der Waals surface area contributed by atoms with Gasteiger partial charge in [0.25, 0.3) is 0 Å². The summed E-state index contributed by atoms with van der Waals surface area (Å²) in [5.74, 6) is -0.240. The van der Waals surface area contributed by atoms with Crippen LogP contribution in [0.15, 0.2) is 79.0 Å². The Hall–Kier alpha value is -2.83. The Morgan fingerprint density at radius 2 is 1.63 bits per heavy atom. The molecule has 0 spiro atoms. The Balaban J connectivity index is 1.72. The minimum absolute atomic E-state index is 0.0430. The van der Waals surface area contributed by atoms with E-state index in [1.165, 1.54) is 12.1 Å². The van der Waals surface area contributed by atoms with Gasteiger partial charge in [-0.2, -0.15) is 5.10 Å². The molecule has 1 atom stereocenters. The lowest BCUT2D eigenvalue weighted by Gasteiger charge is -2.28. The van der Waals surface area contributed by atoms with Gasteiger partial charge in [-0.05, 0) is 54.7 Å². The van der Waals surface area contributed by atoms with Crippen LogP contribution in [-0.4, -0.2) is 26.1 Å². The van der Waals surface area contributed by atoms with Crippen molar-refractivity contribution < 1.29 is 4.39 Å². The third kappa shape index (κ3) is 3.54. The van der Waals surface area contributed by atoms with Crippen molar-refractivity contribution in [1.29, 1.82) is 0 Å². The quantitative estimate of drug-likeness (QED) is 0.472. The van der Waals surface area contributed by atoms with E-state index in [9.17, 15) is 4.39 Å². The maximum absolute atomic E-state index is 13.4. The molecule has 136 valence electrons. The smallest absolute Gasteiger partial charge is 0.203 e. The van der Waals surface area contributed by atoms with Crippen LogP contribution in [-0.2, 0) is 6.67 Å². The van der Waals surface area contributed by atoms with E-state index < -0.39 is 0 Å². The molecule has 2 aromatic carbocycles. The first-order valence-corrected chi connectivity index (χ1v) is 9.09. The largest absolute Gasteiger partial charge is 0.276 e. The fourth-order valence-electron chi connectivity index (χ4n) is 3.33. The summed E-state index contributed by atoms with van der Waals surface area (Å²) in [6, 6.07) is 22.6. The highest BCUT2D eigenvalue weighted by molar-refractivity contribution is 7.71. The number of benzene rings is 2. The van der Waals surface area contributed by atoms with Gasteiger partial charge >= 0.3 is 0 Å². The predicted molar refractivity (Wildman–Crippen MR) is 106 cm³/mol. The lowest BCUT2D eigenvalue weighted by Crippen LogP contribution is -2.28. The summed E-state index contributed by atoms with van der Waals surface area (Å²) in [6.07, 6.45) is 1.91. The van der Waals surface area contributed by atoms with Crippen LogP contribution in [0.2, 0.25) is 0 Å². The van der Waals surface area contributed by atoms with Crippen LogP contribution in [0.4, 0.5) is 4.39 Å². The van der Waals surface area contributed by atoms with Crippen molar-refractivity contribution in [2.75, 3.05) is 7.05 Å². The number of hydrogen-bond donors (Lipinski definition) is 0. The second kappa shape index (κ2) is 7.42. The van der Waals surface area contributed by atoms with E-state index in [2.05, 4.69) is 22.1 Å². The highest BCUT2D eigenvalue weighted by Crippen LogP contribution is 2.28. The number of aromatic nitrogens is 3. The first kappa shape index (κ1) is 17.6. The van der Waals surface area contributed by atoms with E-state index in [-0.39, 0.29) is 11.9 Å².